The average molecular weight is 256 g/mol. The van der Waals surface area contributed by atoms with E-state index in [9.17, 15) is 0 Å². The molecule has 0 unspecified atom stereocenters. The molecule has 0 heterocycles. The fraction of sp³-hybridized carbons (Fsp3) is 0.385. The topological polar surface area (TPSA) is 44.5 Å². The molecule has 0 fully saturated rings. The molecule has 94 valence electrons. The molecule has 4 heteroatoms. The molecule has 1 rings (SSSR count). The summed E-state index contributed by atoms with van der Waals surface area (Å²) in [4.78, 5) is 0. The maximum absolute atomic E-state index is 6.14. The highest BCUT2D eigenvalue weighted by Crippen LogP contribution is 2.36. The second-order valence-electron chi connectivity index (χ2n) is 3.45. The van der Waals surface area contributed by atoms with Crippen molar-refractivity contribution in [1.82, 2.24) is 0 Å². The molecule has 0 spiro atoms. The second-order valence-corrected chi connectivity index (χ2v) is 3.85. The van der Waals surface area contributed by atoms with Gasteiger partial charge in [0.25, 0.3) is 0 Å². The number of rotatable bonds is 6. The molecule has 3 nitrogen and oxygen atoms in total. The summed E-state index contributed by atoms with van der Waals surface area (Å²) in [5.74, 6) is 1.24. The van der Waals surface area contributed by atoms with Crippen LogP contribution in [0.25, 0.3) is 6.08 Å². The number of benzene rings is 1. The van der Waals surface area contributed by atoms with Gasteiger partial charge in [0.2, 0.25) is 0 Å². The molecule has 17 heavy (non-hydrogen) atoms. The van der Waals surface area contributed by atoms with E-state index in [4.69, 9.17) is 26.8 Å². The summed E-state index contributed by atoms with van der Waals surface area (Å²) in [7, 11) is 1.60. The lowest BCUT2D eigenvalue weighted by atomic mass is 10.1. The third kappa shape index (κ3) is 3.95. The molecular formula is C13H18ClNO2. The first-order valence-corrected chi connectivity index (χ1v) is 5.97. The van der Waals surface area contributed by atoms with E-state index in [0.29, 0.717) is 29.7 Å². The van der Waals surface area contributed by atoms with E-state index < -0.39 is 0 Å². The first-order valence-electron chi connectivity index (χ1n) is 5.59. The van der Waals surface area contributed by atoms with Gasteiger partial charge < -0.3 is 15.2 Å². The van der Waals surface area contributed by atoms with Crippen LogP contribution in [-0.4, -0.2) is 20.3 Å². The SMILES string of the molecule is CCOc1c(Cl)cc(C=CCCN)cc1OC. The highest BCUT2D eigenvalue weighted by atomic mass is 35.5. The van der Waals surface area contributed by atoms with E-state index >= 15 is 0 Å². The number of ether oxygens (including phenoxy) is 2. The van der Waals surface area contributed by atoms with Crippen LogP contribution in [0.15, 0.2) is 18.2 Å². The normalized spacial score (nSPS) is 10.8. The van der Waals surface area contributed by atoms with E-state index in [1.807, 2.05) is 31.2 Å². The summed E-state index contributed by atoms with van der Waals surface area (Å²) in [5.41, 5.74) is 6.40. The van der Waals surface area contributed by atoms with Gasteiger partial charge in [0.1, 0.15) is 0 Å². The number of hydrogen-bond acceptors (Lipinski definition) is 3. The van der Waals surface area contributed by atoms with Crippen LogP contribution in [0.3, 0.4) is 0 Å². The summed E-state index contributed by atoms with van der Waals surface area (Å²) < 4.78 is 10.7. The number of methoxy groups -OCH3 is 1. The van der Waals surface area contributed by atoms with Gasteiger partial charge in [0.15, 0.2) is 11.5 Å². The molecule has 2 N–H and O–H groups in total. The molecule has 0 aliphatic rings. The lowest BCUT2D eigenvalue weighted by molar-refractivity contribution is 0.311. The third-order valence-corrected chi connectivity index (χ3v) is 2.46. The van der Waals surface area contributed by atoms with Gasteiger partial charge in [-0.05, 0) is 37.6 Å². The Morgan fingerprint density at radius 3 is 2.76 bits per heavy atom. The van der Waals surface area contributed by atoms with Crippen molar-refractivity contribution in [2.45, 2.75) is 13.3 Å². The van der Waals surface area contributed by atoms with Gasteiger partial charge in [-0.25, -0.2) is 0 Å². The van der Waals surface area contributed by atoms with Crippen molar-refractivity contribution in [2.24, 2.45) is 5.73 Å². The molecular weight excluding hydrogens is 238 g/mol. The van der Waals surface area contributed by atoms with Crippen LogP contribution in [0.5, 0.6) is 11.5 Å². The minimum Gasteiger partial charge on any atom is -0.493 e. The first-order chi connectivity index (χ1) is 8.22. The molecule has 0 aliphatic carbocycles. The van der Waals surface area contributed by atoms with E-state index in [2.05, 4.69) is 0 Å². The summed E-state index contributed by atoms with van der Waals surface area (Å²) in [6.45, 7) is 3.10. The molecule has 0 aliphatic heterocycles. The molecule has 1 aromatic carbocycles. The van der Waals surface area contributed by atoms with Crippen LogP contribution in [-0.2, 0) is 0 Å². The zero-order chi connectivity index (χ0) is 12.7. The molecule has 0 amide bonds. The van der Waals surface area contributed by atoms with Gasteiger partial charge in [0.05, 0.1) is 18.7 Å². The summed E-state index contributed by atoms with van der Waals surface area (Å²) in [5, 5.41) is 0.554. The van der Waals surface area contributed by atoms with Crippen molar-refractivity contribution >= 4 is 17.7 Å². The maximum Gasteiger partial charge on any atom is 0.179 e. The highest BCUT2D eigenvalue weighted by molar-refractivity contribution is 6.32. The Hall–Kier alpha value is -1.19. The Balaban J connectivity index is 3.00. The summed E-state index contributed by atoms with van der Waals surface area (Å²) in [6, 6.07) is 3.74. The predicted octanol–water partition coefficient (Wildman–Crippen LogP) is 3.11. The van der Waals surface area contributed by atoms with Crippen molar-refractivity contribution in [2.75, 3.05) is 20.3 Å². The zero-order valence-electron chi connectivity index (χ0n) is 10.2. The molecule has 0 radical (unpaired) electrons. The summed E-state index contributed by atoms with van der Waals surface area (Å²) >= 11 is 6.14. The first kappa shape index (κ1) is 13.9. The van der Waals surface area contributed by atoms with E-state index in [0.717, 1.165) is 12.0 Å². The van der Waals surface area contributed by atoms with Gasteiger partial charge in [0, 0.05) is 0 Å². The van der Waals surface area contributed by atoms with Gasteiger partial charge in [-0.2, -0.15) is 0 Å². The molecule has 0 bridgehead atoms. The Bertz CT molecular complexity index is 391. The lowest BCUT2D eigenvalue weighted by Crippen LogP contribution is -1.97. The molecule has 0 atom stereocenters. The van der Waals surface area contributed by atoms with Crippen LogP contribution in [0.4, 0.5) is 0 Å². The zero-order valence-corrected chi connectivity index (χ0v) is 11.0. The molecule has 0 saturated carbocycles. The smallest absolute Gasteiger partial charge is 0.179 e. The number of nitrogens with two attached hydrogens (primary N) is 1. The number of hydrogen-bond donors (Lipinski definition) is 1. The fourth-order valence-corrected chi connectivity index (χ4v) is 1.71. The minimum atomic E-state index is 0.554. The Labute approximate surface area is 107 Å². The van der Waals surface area contributed by atoms with E-state index in [1.54, 1.807) is 7.11 Å². The number of halogens is 1. The molecule has 0 aromatic heterocycles. The standard InChI is InChI=1S/C13H18ClNO2/c1-3-17-13-11(14)8-10(6-4-5-7-15)9-12(13)16-2/h4,6,8-9H,3,5,7,15H2,1-2H3. The van der Waals surface area contributed by atoms with Gasteiger partial charge in [-0.1, -0.05) is 23.8 Å². The lowest BCUT2D eigenvalue weighted by Gasteiger charge is -2.11. The summed E-state index contributed by atoms with van der Waals surface area (Å²) in [6.07, 6.45) is 4.82. The van der Waals surface area contributed by atoms with Gasteiger partial charge in [-0.3, -0.25) is 0 Å². The largest absolute Gasteiger partial charge is 0.493 e. The van der Waals surface area contributed by atoms with Crippen LogP contribution >= 0.6 is 11.6 Å². The predicted molar refractivity (Wildman–Crippen MR) is 71.9 cm³/mol. The van der Waals surface area contributed by atoms with Crippen molar-refractivity contribution in [1.29, 1.82) is 0 Å². The van der Waals surface area contributed by atoms with Crippen molar-refractivity contribution in [3.8, 4) is 11.5 Å². The van der Waals surface area contributed by atoms with Crippen molar-refractivity contribution in [3.63, 3.8) is 0 Å². The average Bonchev–Trinajstić information content (AvgIpc) is 2.32. The fourth-order valence-electron chi connectivity index (χ4n) is 1.44. The monoisotopic (exact) mass is 255 g/mol. The van der Waals surface area contributed by atoms with Crippen molar-refractivity contribution in [3.05, 3.63) is 28.8 Å². The van der Waals surface area contributed by atoms with Crippen LogP contribution < -0.4 is 15.2 Å². The second kappa shape index (κ2) is 7.20. The molecule has 0 saturated heterocycles. The van der Waals surface area contributed by atoms with Crippen LogP contribution in [0.1, 0.15) is 18.9 Å². The quantitative estimate of drug-likeness (QED) is 0.850. The Kier molecular flexibility index (Phi) is 5.87. The van der Waals surface area contributed by atoms with Crippen molar-refractivity contribution < 1.29 is 9.47 Å². The van der Waals surface area contributed by atoms with E-state index in [1.165, 1.54) is 0 Å². The Morgan fingerprint density at radius 1 is 1.41 bits per heavy atom. The minimum absolute atomic E-state index is 0.554. The van der Waals surface area contributed by atoms with E-state index in [-0.39, 0.29) is 0 Å². The van der Waals surface area contributed by atoms with Crippen LogP contribution in [0, 0.1) is 0 Å². The van der Waals surface area contributed by atoms with Gasteiger partial charge in [-0.15, -0.1) is 0 Å². The molecule has 1 aromatic rings. The Morgan fingerprint density at radius 2 is 2.18 bits per heavy atom. The third-order valence-electron chi connectivity index (χ3n) is 2.18. The maximum atomic E-state index is 6.14. The highest BCUT2D eigenvalue weighted by Gasteiger charge is 2.10. The van der Waals surface area contributed by atoms with Crippen LogP contribution in [0.2, 0.25) is 5.02 Å². The van der Waals surface area contributed by atoms with Gasteiger partial charge >= 0.3 is 0 Å².